The van der Waals surface area contributed by atoms with E-state index in [-0.39, 0.29) is 17.1 Å². The van der Waals surface area contributed by atoms with Gasteiger partial charge in [0.1, 0.15) is 0 Å². The van der Waals surface area contributed by atoms with Crippen LogP contribution >= 0.6 is 0 Å². The molecular weight excluding hydrogens is 581 g/mol. The third-order valence-electron chi connectivity index (χ3n) is 9.29. The molecule has 0 fully saturated rings. The predicted molar refractivity (Wildman–Crippen MR) is 205 cm³/mol. The number of hydrogen-bond donors (Lipinski definition) is 0. The molecule has 1 aromatic heterocycles. The van der Waals surface area contributed by atoms with Crippen molar-refractivity contribution in [1.82, 2.24) is 4.57 Å². The van der Waals surface area contributed by atoms with E-state index in [2.05, 4.69) is 95.6 Å². The lowest BCUT2D eigenvalue weighted by Gasteiger charge is -2.25. The van der Waals surface area contributed by atoms with Gasteiger partial charge in [-0.25, -0.2) is 0 Å². The van der Waals surface area contributed by atoms with Crippen LogP contribution in [0.2, 0.25) is 0 Å². The zero-order valence-corrected chi connectivity index (χ0v) is 25.4. The quantitative estimate of drug-likeness (QED) is 0.174. The minimum Gasteiger partial charge on any atom is -0.311 e. The van der Waals surface area contributed by atoms with Gasteiger partial charge in [0.05, 0.1) is 24.7 Å². The van der Waals surface area contributed by atoms with E-state index >= 15 is 0 Å². The van der Waals surface area contributed by atoms with Crippen LogP contribution in [0.3, 0.4) is 0 Å². The Kier molecular flexibility index (Phi) is 4.12. The highest BCUT2D eigenvalue weighted by atomic mass is 15.1. The highest BCUT2D eigenvalue weighted by Crippen LogP contribution is 2.45. The minimum absolute atomic E-state index is 0.246. The molecule has 10 aromatic rings. The fourth-order valence-corrected chi connectivity index (χ4v) is 7.31. The fourth-order valence-electron chi connectivity index (χ4n) is 7.31. The minimum atomic E-state index is -0.611. The van der Waals surface area contributed by atoms with E-state index in [1.165, 1.54) is 10.3 Å². The standard InChI is InChI=1S/C46H30N2/c1-4-12-34(13-5-1)47(35-14-6-2-7-15-35)37-25-22-31(23-26-37)38-27-24-32-20-21-33-30-43-46(41-29-28-39(38)44(32)45(33)41)40-18-10-11-19-42(40)48(43)36-16-8-3-9-17-36/h1-30H/i1D,2D,4D,5D,6D,7D,12D,13D,14D,15D. The van der Waals surface area contributed by atoms with Crippen LogP contribution in [0.4, 0.5) is 17.1 Å². The molecule has 0 unspecified atom stereocenters. The second-order valence-electron chi connectivity index (χ2n) is 11.8. The highest BCUT2D eigenvalue weighted by Gasteiger charge is 2.20. The zero-order valence-electron chi connectivity index (χ0n) is 35.4. The first-order valence-corrected chi connectivity index (χ1v) is 15.7. The topological polar surface area (TPSA) is 8.17 Å². The molecule has 10 rings (SSSR count). The number of nitrogens with zero attached hydrogens (tertiary/aromatic N) is 2. The van der Waals surface area contributed by atoms with Crippen LogP contribution in [0.15, 0.2) is 182 Å². The Balaban J connectivity index is 1.19. The summed E-state index contributed by atoms with van der Waals surface area (Å²) >= 11 is 0. The molecule has 224 valence electrons. The molecule has 0 aliphatic rings. The van der Waals surface area contributed by atoms with Gasteiger partial charge in [0, 0.05) is 33.5 Å². The number of anilines is 3. The lowest BCUT2D eigenvalue weighted by molar-refractivity contribution is 1.18. The van der Waals surface area contributed by atoms with Crippen molar-refractivity contribution in [3.05, 3.63) is 182 Å². The van der Waals surface area contributed by atoms with Crippen molar-refractivity contribution in [1.29, 1.82) is 0 Å². The first-order valence-electron chi connectivity index (χ1n) is 20.7. The summed E-state index contributed by atoms with van der Waals surface area (Å²) in [5, 5.41) is 9.00. The number of aromatic nitrogens is 1. The smallest absolute Gasteiger partial charge is 0.0645 e. The first-order chi connectivity index (χ1) is 28.0. The summed E-state index contributed by atoms with van der Waals surface area (Å²) < 4.78 is 87.4. The summed E-state index contributed by atoms with van der Waals surface area (Å²) in [6.07, 6.45) is 0. The number of fused-ring (bicyclic) bond motifs is 4. The lowest BCUT2D eigenvalue weighted by Crippen LogP contribution is -2.09. The zero-order chi connectivity index (χ0) is 40.3. The maximum Gasteiger partial charge on any atom is 0.0645 e. The predicted octanol–water partition coefficient (Wildman–Crippen LogP) is 12.8. The molecule has 0 amide bonds. The normalized spacial score (nSPS) is 14.7. The summed E-state index contributed by atoms with van der Waals surface area (Å²) in [4.78, 5) is 1.17. The van der Waals surface area contributed by atoms with E-state index in [4.69, 9.17) is 13.7 Å². The van der Waals surface area contributed by atoms with Crippen molar-refractivity contribution in [3.8, 4) is 16.8 Å². The average Bonchev–Trinajstić information content (AvgIpc) is 3.59. The molecule has 0 aliphatic carbocycles. The molecule has 2 nitrogen and oxygen atoms in total. The number of hydrogen-bond acceptors (Lipinski definition) is 1. The van der Waals surface area contributed by atoms with Crippen LogP contribution in [-0.4, -0.2) is 4.57 Å². The highest BCUT2D eigenvalue weighted by molar-refractivity contribution is 6.34. The van der Waals surface area contributed by atoms with Crippen molar-refractivity contribution >= 4 is 71.2 Å². The van der Waals surface area contributed by atoms with Gasteiger partial charge in [-0.05, 0) is 104 Å². The number of rotatable bonds is 5. The maximum absolute atomic E-state index is 8.80. The molecular formula is C46H30N2. The van der Waals surface area contributed by atoms with Crippen molar-refractivity contribution in [2.75, 3.05) is 4.90 Å². The molecule has 0 bridgehead atoms. The van der Waals surface area contributed by atoms with Gasteiger partial charge in [-0.2, -0.15) is 0 Å². The van der Waals surface area contributed by atoms with Crippen LogP contribution in [-0.2, 0) is 0 Å². The third kappa shape index (κ3) is 4.00. The Hall–Kier alpha value is -6.38. The molecule has 1 heterocycles. The van der Waals surface area contributed by atoms with Crippen molar-refractivity contribution < 1.29 is 13.7 Å². The summed E-state index contributed by atoms with van der Waals surface area (Å²) in [6, 6.07) is 35.1. The van der Waals surface area contributed by atoms with Crippen molar-refractivity contribution in [2.45, 2.75) is 0 Å². The molecule has 0 saturated heterocycles. The maximum atomic E-state index is 8.80. The Morgan fingerprint density at radius 1 is 0.438 bits per heavy atom. The van der Waals surface area contributed by atoms with E-state index in [0.717, 1.165) is 65.6 Å². The first kappa shape index (κ1) is 18.7. The molecule has 2 heteroatoms. The van der Waals surface area contributed by atoms with E-state index in [0.29, 0.717) is 0 Å². The van der Waals surface area contributed by atoms with Gasteiger partial charge in [-0.3, -0.25) is 0 Å². The Labute approximate surface area is 292 Å². The number of para-hydroxylation sites is 4. The molecule has 48 heavy (non-hydrogen) atoms. The third-order valence-corrected chi connectivity index (χ3v) is 9.29. The van der Waals surface area contributed by atoms with E-state index in [1.807, 2.05) is 18.2 Å². The Morgan fingerprint density at radius 3 is 1.81 bits per heavy atom. The lowest BCUT2D eigenvalue weighted by atomic mass is 9.88. The van der Waals surface area contributed by atoms with E-state index < -0.39 is 60.4 Å². The van der Waals surface area contributed by atoms with Gasteiger partial charge in [0.2, 0.25) is 0 Å². The van der Waals surface area contributed by atoms with Gasteiger partial charge < -0.3 is 9.47 Å². The second kappa shape index (κ2) is 10.6. The summed E-state index contributed by atoms with van der Waals surface area (Å²) in [5.41, 5.74) is 4.68. The molecule has 0 atom stereocenters. The van der Waals surface area contributed by atoms with Gasteiger partial charge in [-0.15, -0.1) is 0 Å². The summed E-state index contributed by atoms with van der Waals surface area (Å²) in [7, 11) is 0. The molecule has 0 saturated carbocycles. The Bertz CT molecular complexity index is 3210. The average molecular weight is 621 g/mol. The van der Waals surface area contributed by atoms with Crippen molar-refractivity contribution in [3.63, 3.8) is 0 Å². The molecule has 0 N–H and O–H groups in total. The van der Waals surface area contributed by atoms with Crippen LogP contribution in [0.1, 0.15) is 13.7 Å². The van der Waals surface area contributed by atoms with Gasteiger partial charge in [-0.1, -0.05) is 121 Å². The van der Waals surface area contributed by atoms with Crippen molar-refractivity contribution in [2.24, 2.45) is 0 Å². The van der Waals surface area contributed by atoms with Crippen LogP contribution in [0.25, 0.3) is 70.9 Å². The molecule has 0 radical (unpaired) electrons. The van der Waals surface area contributed by atoms with Crippen LogP contribution < -0.4 is 4.90 Å². The van der Waals surface area contributed by atoms with Gasteiger partial charge in [0.25, 0.3) is 0 Å². The second-order valence-corrected chi connectivity index (χ2v) is 11.8. The van der Waals surface area contributed by atoms with Gasteiger partial charge >= 0.3 is 0 Å². The van der Waals surface area contributed by atoms with Crippen LogP contribution in [0, 0.1) is 0 Å². The fraction of sp³-hybridized carbons (Fsp3) is 0. The number of benzene rings is 9. The van der Waals surface area contributed by atoms with Crippen LogP contribution in [0.5, 0.6) is 0 Å². The van der Waals surface area contributed by atoms with E-state index in [1.54, 1.807) is 12.1 Å². The largest absolute Gasteiger partial charge is 0.311 e. The molecule has 0 spiro atoms. The van der Waals surface area contributed by atoms with Gasteiger partial charge in [0.15, 0.2) is 0 Å². The summed E-state index contributed by atoms with van der Waals surface area (Å²) in [6.45, 7) is 0. The monoisotopic (exact) mass is 620 g/mol. The molecule has 9 aromatic carbocycles. The Morgan fingerprint density at radius 2 is 1.06 bits per heavy atom. The van der Waals surface area contributed by atoms with E-state index in [9.17, 15) is 0 Å². The summed E-state index contributed by atoms with van der Waals surface area (Å²) in [5.74, 6) is 0. The molecule has 0 aliphatic heterocycles. The SMILES string of the molecule is [2H]c1c([2H])c([2H])c(N(c2ccc(-c3ccc4ccc5cc6c(c7ccc3c4c57)c3ccccc3n6-c3ccccc3)cc2)c2c([2H])c([2H])c([2H])c([2H])c2[2H])c([2H])c1[2H].